The molecule has 17 heavy (non-hydrogen) atoms. The summed E-state index contributed by atoms with van der Waals surface area (Å²) >= 11 is 0. The molecule has 2 aliphatic carbocycles. The van der Waals surface area contributed by atoms with E-state index in [0.717, 1.165) is 11.8 Å². The van der Waals surface area contributed by atoms with E-state index in [1.165, 1.54) is 38.5 Å². The number of unbranched alkanes of at least 4 members (excludes halogenated alkanes) is 1. The zero-order chi connectivity index (χ0) is 11.7. The number of rotatable bonds is 4. The Morgan fingerprint density at radius 2 is 2.12 bits per heavy atom. The van der Waals surface area contributed by atoms with E-state index in [4.69, 9.17) is 0 Å². The molecule has 0 heterocycles. The van der Waals surface area contributed by atoms with E-state index in [1.54, 1.807) is 16.7 Å². The quantitative estimate of drug-likeness (QED) is 0.689. The summed E-state index contributed by atoms with van der Waals surface area (Å²) in [6.45, 7) is 2.30. The van der Waals surface area contributed by atoms with Crippen LogP contribution in [0.3, 0.4) is 0 Å². The van der Waals surface area contributed by atoms with Gasteiger partial charge in [0.1, 0.15) is 0 Å². The molecule has 1 saturated carbocycles. The van der Waals surface area contributed by atoms with Gasteiger partial charge in [-0.2, -0.15) is 0 Å². The van der Waals surface area contributed by atoms with Gasteiger partial charge in [0.15, 0.2) is 0 Å². The van der Waals surface area contributed by atoms with Crippen molar-refractivity contribution in [2.24, 2.45) is 11.8 Å². The summed E-state index contributed by atoms with van der Waals surface area (Å²) in [7, 11) is 0. The molecule has 0 heteroatoms. The number of aryl methyl sites for hydroxylation is 1. The van der Waals surface area contributed by atoms with Gasteiger partial charge in [0.05, 0.1) is 0 Å². The van der Waals surface area contributed by atoms with Crippen molar-refractivity contribution in [1.29, 1.82) is 0 Å². The number of hydrogen-bond donors (Lipinski definition) is 0. The predicted octanol–water partition coefficient (Wildman–Crippen LogP) is 4.84. The summed E-state index contributed by atoms with van der Waals surface area (Å²) in [6.07, 6.45) is 10.7. The maximum atomic E-state index is 2.51. The first-order valence-corrected chi connectivity index (χ1v) is 7.18. The van der Waals surface area contributed by atoms with Gasteiger partial charge in [-0.1, -0.05) is 50.1 Å². The molecular formula is C17H22. The van der Waals surface area contributed by atoms with E-state index in [0.29, 0.717) is 0 Å². The second kappa shape index (κ2) is 4.68. The molecule has 1 aromatic carbocycles. The molecule has 2 aliphatic rings. The molecule has 0 aromatic heterocycles. The van der Waals surface area contributed by atoms with Crippen LogP contribution in [0.5, 0.6) is 0 Å². The SMILES string of the molecule is CCCC[C@H]1C[C@@H]1C1=CCCc2ccccc21. The lowest BCUT2D eigenvalue weighted by molar-refractivity contribution is 0.636. The maximum Gasteiger partial charge on any atom is -0.0128 e. The molecule has 90 valence electrons. The molecule has 0 bridgehead atoms. The summed E-state index contributed by atoms with van der Waals surface area (Å²) in [6, 6.07) is 9.02. The van der Waals surface area contributed by atoms with Crippen molar-refractivity contribution in [2.75, 3.05) is 0 Å². The first kappa shape index (κ1) is 11.1. The monoisotopic (exact) mass is 226 g/mol. The third-order valence-electron chi connectivity index (χ3n) is 4.36. The number of fused-ring (bicyclic) bond motifs is 1. The van der Waals surface area contributed by atoms with Crippen LogP contribution in [0.25, 0.3) is 5.57 Å². The third-order valence-corrected chi connectivity index (χ3v) is 4.36. The minimum atomic E-state index is 0.892. The van der Waals surface area contributed by atoms with Gasteiger partial charge in [-0.15, -0.1) is 0 Å². The van der Waals surface area contributed by atoms with Crippen LogP contribution >= 0.6 is 0 Å². The Morgan fingerprint density at radius 3 is 3.00 bits per heavy atom. The molecule has 0 unspecified atom stereocenters. The Labute approximate surface area is 105 Å². The molecule has 0 N–H and O–H groups in total. The number of hydrogen-bond acceptors (Lipinski definition) is 0. The van der Waals surface area contributed by atoms with E-state index < -0.39 is 0 Å². The van der Waals surface area contributed by atoms with Crippen molar-refractivity contribution >= 4 is 5.57 Å². The summed E-state index contributed by atoms with van der Waals surface area (Å²) < 4.78 is 0. The van der Waals surface area contributed by atoms with Gasteiger partial charge in [0, 0.05) is 0 Å². The molecule has 0 nitrogen and oxygen atoms in total. The fourth-order valence-electron chi connectivity index (χ4n) is 3.28. The molecule has 1 aromatic rings. The second-order valence-corrected chi connectivity index (χ2v) is 5.60. The lowest BCUT2D eigenvalue weighted by Crippen LogP contribution is -2.01. The van der Waals surface area contributed by atoms with Crippen molar-refractivity contribution < 1.29 is 0 Å². The molecule has 0 amide bonds. The van der Waals surface area contributed by atoms with Crippen molar-refractivity contribution in [3.63, 3.8) is 0 Å². The second-order valence-electron chi connectivity index (χ2n) is 5.60. The van der Waals surface area contributed by atoms with Gasteiger partial charge in [-0.05, 0) is 54.2 Å². The minimum absolute atomic E-state index is 0.892. The van der Waals surface area contributed by atoms with Crippen LogP contribution in [0.4, 0.5) is 0 Å². The van der Waals surface area contributed by atoms with E-state index in [2.05, 4.69) is 37.3 Å². The zero-order valence-electron chi connectivity index (χ0n) is 10.8. The van der Waals surface area contributed by atoms with E-state index in [-0.39, 0.29) is 0 Å². The van der Waals surface area contributed by atoms with Crippen LogP contribution < -0.4 is 0 Å². The van der Waals surface area contributed by atoms with Crippen molar-refractivity contribution in [3.8, 4) is 0 Å². The zero-order valence-corrected chi connectivity index (χ0v) is 10.8. The summed E-state index contributed by atoms with van der Waals surface area (Å²) in [4.78, 5) is 0. The van der Waals surface area contributed by atoms with Crippen molar-refractivity contribution in [1.82, 2.24) is 0 Å². The highest BCUT2D eigenvalue weighted by Gasteiger charge is 2.40. The number of benzene rings is 1. The highest BCUT2D eigenvalue weighted by atomic mass is 14.4. The third kappa shape index (κ3) is 2.18. The largest absolute Gasteiger partial charge is 0.0801 e. The van der Waals surface area contributed by atoms with Gasteiger partial charge in [0.2, 0.25) is 0 Å². The molecule has 0 saturated heterocycles. The highest BCUT2D eigenvalue weighted by molar-refractivity contribution is 5.73. The topological polar surface area (TPSA) is 0 Å². The maximum absolute atomic E-state index is 2.51. The van der Waals surface area contributed by atoms with Gasteiger partial charge >= 0.3 is 0 Å². The Kier molecular flexibility index (Phi) is 3.05. The highest BCUT2D eigenvalue weighted by Crippen LogP contribution is 2.52. The van der Waals surface area contributed by atoms with Crippen LogP contribution in [0.2, 0.25) is 0 Å². The van der Waals surface area contributed by atoms with Crippen LogP contribution in [0.1, 0.15) is 50.2 Å². The first-order valence-electron chi connectivity index (χ1n) is 7.18. The van der Waals surface area contributed by atoms with Gasteiger partial charge in [-0.3, -0.25) is 0 Å². The van der Waals surface area contributed by atoms with Gasteiger partial charge in [0.25, 0.3) is 0 Å². The fourth-order valence-corrected chi connectivity index (χ4v) is 3.28. The first-order chi connectivity index (χ1) is 8.40. The summed E-state index contributed by atoms with van der Waals surface area (Å²) in [5.41, 5.74) is 4.81. The van der Waals surface area contributed by atoms with E-state index in [1.807, 2.05) is 0 Å². The Hall–Kier alpha value is -1.04. The van der Waals surface area contributed by atoms with Crippen LogP contribution in [-0.2, 0) is 6.42 Å². The summed E-state index contributed by atoms with van der Waals surface area (Å²) in [5, 5.41) is 0. The fraction of sp³-hybridized carbons (Fsp3) is 0.529. The van der Waals surface area contributed by atoms with Crippen LogP contribution in [-0.4, -0.2) is 0 Å². The van der Waals surface area contributed by atoms with E-state index in [9.17, 15) is 0 Å². The van der Waals surface area contributed by atoms with Crippen LogP contribution in [0, 0.1) is 11.8 Å². The van der Waals surface area contributed by atoms with Gasteiger partial charge in [-0.25, -0.2) is 0 Å². The molecule has 0 radical (unpaired) electrons. The Balaban J connectivity index is 1.75. The lowest BCUT2D eigenvalue weighted by Gasteiger charge is -2.17. The smallest absolute Gasteiger partial charge is 0.0128 e. The average molecular weight is 226 g/mol. The Morgan fingerprint density at radius 1 is 1.24 bits per heavy atom. The van der Waals surface area contributed by atoms with Crippen molar-refractivity contribution in [3.05, 3.63) is 41.5 Å². The van der Waals surface area contributed by atoms with Crippen LogP contribution in [0.15, 0.2) is 30.3 Å². The average Bonchev–Trinajstić information content (AvgIpc) is 3.15. The minimum Gasteiger partial charge on any atom is -0.0801 e. The van der Waals surface area contributed by atoms with Gasteiger partial charge < -0.3 is 0 Å². The van der Waals surface area contributed by atoms with E-state index >= 15 is 0 Å². The normalized spacial score (nSPS) is 26.3. The summed E-state index contributed by atoms with van der Waals surface area (Å²) in [5.74, 6) is 1.88. The molecule has 2 atom stereocenters. The molecule has 1 fully saturated rings. The molecule has 0 spiro atoms. The Bertz CT molecular complexity index is 427. The van der Waals surface area contributed by atoms with Crippen molar-refractivity contribution in [2.45, 2.75) is 45.4 Å². The predicted molar refractivity (Wildman–Crippen MR) is 73.9 cm³/mol. The number of allylic oxidation sites excluding steroid dienone is 2. The lowest BCUT2D eigenvalue weighted by atomic mass is 9.87. The standard InChI is InChI=1S/C17H22/c1-2-3-7-14-12-17(14)16-11-6-9-13-8-4-5-10-15(13)16/h4-5,8,10-11,14,17H,2-3,6-7,9,12H2,1H3/t14-,17-/m0/s1. The molecular weight excluding hydrogens is 204 g/mol. The molecule has 0 aliphatic heterocycles. The molecule has 3 rings (SSSR count).